The molecule has 2 aliphatic rings. The van der Waals surface area contributed by atoms with Crippen LogP contribution in [0.3, 0.4) is 0 Å². The van der Waals surface area contributed by atoms with Crippen LogP contribution in [0, 0.1) is 11.8 Å². The third kappa shape index (κ3) is 6.67. The largest absolute Gasteiger partial charge is 0.486 e. The Balaban J connectivity index is 1.63. The van der Waals surface area contributed by atoms with Crippen LogP contribution in [-0.2, 0) is 0 Å². The first-order chi connectivity index (χ1) is 17.9. The lowest BCUT2D eigenvalue weighted by Crippen LogP contribution is -2.50. The van der Waals surface area contributed by atoms with E-state index in [1.165, 1.54) is 32.1 Å². The fourth-order valence-electron chi connectivity index (χ4n) is 5.45. The predicted molar refractivity (Wildman–Crippen MR) is 144 cm³/mol. The lowest BCUT2D eigenvalue weighted by atomic mass is 9.89. The van der Waals surface area contributed by atoms with E-state index in [4.69, 9.17) is 4.74 Å². The fraction of sp³-hybridized carbons (Fsp3) is 0.552. The molecule has 0 bridgehead atoms. The molecule has 2 amide bonds. The summed E-state index contributed by atoms with van der Waals surface area (Å²) in [5.74, 6) is 0.597. The van der Waals surface area contributed by atoms with Gasteiger partial charge in [0, 0.05) is 43.5 Å². The number of para-hydroxylation sites is 1. The van der Waals surface area contributed by atoms with Gasteiger partial charge in [-0.05, 0) is 57.0 Å². The van der Waals surface area contributed by atoms with Gasteiger partial charge < -0.3 is 25.0 Å². The molecule has 8 nitrogen and oxygen atoms in total. The molecule has 1 aliphatic heterocycles. The van der Waals surface area contributed by atoms with Crippen LogP contribution in [0.5, 0.6) is 5.75 Å². The van der Waals surface area contributed by atoms with Crippen LogP contribution in [0.2, 0.25) is 0 Å². The van der Waals surface area contributed by atoms with Crippen molar-refractivity contribution in [2.24, 2.45) is 11.8 Å². The van der Waals surface area contributed by atoms with E-state index < -0.39 is 0 Å². The maximum absolute atomic E-state index is 13.6. The van der Waals surface area contributed by atoms with E-state index >= 15 is 0 Å². The Bertz CT molecular complexity index is 1060. The average Bonchev–Trinajstić information content (AvgIpc) is 2.91. The number of pyridine rings is 1. The molecule has 2 heterocycles. The van der Waals surface area contributed by atoms with Gasteiger partial charge in [0.1, 0.15) is 6.10 Å². The smallest absolute Gasteiger partial charge is 0.258 e. The summed E-state index contributed by atoms with van der Waals surface area (Å²) >= 11 is 0. The molecule has 1 saturated carbocycles. The molecular formula is C29H40N4O4. The SMILES string of the molecule is C[C@H]1CN([C@@H](C)CO)C(=O)c2cccc(NC(=O)c3ccncc3)c2O[C@@H]1CN(C)CC1CCCCC1. The lowest BCUT2D eigenvalue weighted by molar-refractivity contribution is 0.0332. The first-order valence-electron chi connectivity index (χ1n) is 13.5. The summed E-state index contributed by atoms with van der Waals surface area (Å²) in [5, 5.41) is 12.8. The van der Waals surface area contributed by atoms with Crippen LogP contribution < -0.4 is 10.1 Å². The lowest BCUT2D eigenvalue weighted by Gasteiger charge is -2.39. The standard InChI is InChI=1S/C29H40N4O4/c1-20-16-33(21(2)19-34)29(36)24-10-7-11-25(31-28(35)23-12-14-30-15-13-23)27(24)37-26(20)18-32(3)17-22-8-5-4-6-9-22/h7,10-15,20-22,26,34H,4-6,8-9,16-19H2,1-3H3,(H,31,35)/t20-,21-,26+/m0/s1. The summed E-state index contributed by atoms with van der Waals surface area (Å²) in [7, 11) is 2.14. The minimum atomic E-state index is -0.336. The number of aromatic nitrogens is 1. The molecule has 8 heteroatoms. The predicted octanol–water partition coefficient (Wildman–Crippen LogP) is 4.07. The van der Waals surface area contributed by atoms with Gasteiger partial charge in [-0.2, -0.15) is 0 Å². The van der Waals surface area contributed by atoms with Gasteiger partial charge in [0.05, 0.1) is 23.9 Å². The molecule has 37 heavy (non-hydrogen) atoms. The zero-order chi connectivity index (χ0) is 26.4. The van der Waals surface area contributed by atoms with Crippen molar-refractivity contribution in [2.75, 3.05) is 38.6 Å². The number of benzene rings is 1. The van der Waals surface area contributed by atoms with E-state index in [1.807, 2.05) is 6.92 Å². The van der Waals surface area contributed by atoms with Gasteiger partial charge in [0.2, 0.25) is 0 Å². The Morgan fingerprint density at radius 2 is 1.92 bits per heavy atom. The highest BCUT2D eigenvalue weighted by Gasteiger charge is 2.35. The number of rotatable bonds is 8. The molecular weight excluding hydrogens is 468 g/mol. The number of hydrogen-bond acceptors (Lipinski definition) is 6. The van der Waals surface area contributed by atoms with Crippen molar-refractivity contribution in [3.8, 4) is 5.75 Å². The van der Waals surface area contributed by atoms with E-state index in [9.17, 15) is 14.7 Å². The fourth-order valence-corrected chi connectivity index (χ4v) is 5.45. The van der Waals surface area contributed by atoms with Gasteiger partial charge in [-0.3, -0.25) is 14.6 Å². The van der Waals surface area contributed by atoms with Gasteiger partial charge in [-0.25, -0.2) is 0 Å². The van der Waals surface area contributed by atoms with Crippen molar-refractivity contribution in [3.63, 3.8) is 0 Å². The van der Waals surface area contributed by atoms with Crippen molar-refractivity contribution in [1.82, 2.24) is 14.8 Å². The Morgan fingerprint density at radius 3 is 2.62 bits per heavy atom. The molecule has 2 N–H and O–H groups in total. The Kier molecular flexibility index (Phi) is 9.16. The van der Waals surface area contributed by atoms with Crippen molar-refractivity contribution in [2.45, 2.75) is 58.1 Å². The highest BCUT2D eigenvalue weighted by Crippen LogP contribution is 2.35. The molecule has 4 rings (SSSR count). The number of likely N-dealkylation sites (N-methyl/N-ethyl adjacent to an activating group) is 1. The summed E-state index contributed by atoms with van der Waals surface area (Å²) in [6.07, 6.45) is 9.42. The quantitative estimate of drug-likeness (QED) is 0.558. The number of nitrogens with one attached hydrogen (secondary N) is 1. The average molecular weight is 509 g/mol. The number of fused-ring (bicyclic) bond motifs is 1. The van der Waals surface area contributed by atoms with E-state index in [2.05, 4.69) is 29.2 Å². The third-order valence-corrected chi connectivity index (χ3v) is 7.67. The first kappa shape index (κ1) is 27.1. The van der Waals surface area contributed by atoms with Gasteiger partial charge >= 0.3 is 0 Å². The first-order valence-corrected chi connectivity index (χ1v) is 13.5. The molecule has 2 aromatic rings. The van der Waals surface area contributed by atoms with E-state index in [-0.39, 0.29) is 36.5 Å². The summed E-state index contributed by atoms with van der Waals surface area (Å²) in [5.41, 5.74) is 1.32. The van der Waals surface area contributed by atoms with E-state index in [0.29, 0.717) is 41.6 Å². The molecule has 0 spiro atoms. The Labute approximate surface area is 220 Å². The minimum absolute atomic E-state index is 0.0175. The number of anilines is 1. The zero-order valence-electron chi connectivity index (χ0n) is 22.2. The topological polar surface area (TPSA) is 95.0 Å². The molecule has 200 valence electrons. The molecule has 0 saturated heterocycles. The van der Waals surface area contributed by atoms with Crippen LogP contribution >= 0.6 is 0 Å². The summed E-state index contributed by atoms with van der Waals surface area (Å²) < 4.78 is 6.63. The molecule has 0 radical (unpaired) electrons. The van der Waals surface area contributed by atoms with Crippen LogP contribution in [0.15, 0.2) is 42.7 Å². The number of aliphatic hydroxyl groups is 1. The molecule has 3 atom stereocenters. The number of aliphatic hydroxyl groups excluding tert-OH is 1. The Morgan fingerprint density at radius 1 is 1.19 bits per heavy atom. The minimum Gasteiger partial charge on any atom is -0.486 e. The summed E-state index contributed by atoms with van der Waals surface area (Å²) in [6, 6.07) is 8.19. The van der Waals surface area contributed by atoms with Crippen LogP contribution in [-0.4, -0.2) is 77.1 Å². The number of nitrogens with zero attached hydrogens (tertiary/aromatic N) is 3. The van der Waals surface area contributed by atoms with Crippen LogP contribution in [0.1, 0.15) is 66.7 Å². The van der Waals surface area contributed by atoms with Gasteiger partial charge in [-0.1, -0.05) is 32.3 Å². The second-order valence-electron chi connectivity index (χ2n) is 10.7. The van der Waals surface area contributed by atoms with E-state index in [0.717, 1.165) is 6.54 Å². The number of carbonyl (C=O) groups excluding carboxylic acids is 2. The van der Waals surface area contributed by atoms with Crippen LogP contribution in [0.4, 0.5) is 5.69 Å². The van der Waals surface area contributed by atoms with Crippen molar-refractivity contribution < 1.29 is 19.4 Å². The van der Waals surface area contributed by atoms with Gasteiger partial charge in [0.25, 0.3) is 11.8 Å². The monoisotopic (exact) mass is 508 g/mol. The second-order valence-corrected chi connectivity index (χ2v) is 10.7. The van der Waals surface area contributed by atoms with E-state index in [1.54, 1.807) is 47.6 Å². The number of ether oxygens (including phenoxy) is 1. The maximum atomic E-state index is 13.6. The number of hydrogen-bond donors (Lipinski definition) is 2. The van der Waals surface area contributed by atoms with Crippen molar-refractivity contribution >= 4 is 17.5 Å². The molecule has 1 aromatic heterocycles. The van der Waals surface area contributed by atoms with Gasteiger partial charge in [0.15, 0.2) is 5.75 Å². The van der Waals surface area contributed by atoms with Crippen molar-refractivity contribution in [3.05, 3.63) is 53.9 Å². The highest BCUT2D eigenvalue weighted by atomic mass is 16.5. The maximum Gasteiger partial charge on any atom is 0.258 e. The third-order valence-electron chi connectivity index (χ3n) is 7.67. The molecule has 0 unspecified atom stereocenters. The number of amides is 2. The summed E-state index contributed by atoms with van der Waals surface area (Å²) in [6.45, 7) is 6.03. The zero-order valence-corrected chi connectivity index (χ0v) is 22.2. The molecule has 1 aromatic carbocycles. The highest BCUT2D eigenvalue weighted by molar-refractivity contribution is 6.07. The Hall–Kier alpha value is -2.97. The normalized spacial score (nSPS) is 21.5. The van der Waals surface area contributed by atoms with Gasteiger partial charge in [-0.15, -0.1) is 0 Å². The van der Waals surface area contributed by atoms with Crippen molar-refractivity contribution in [1.29, 1.82) is 0 Å². The molecule has 1 fully saturated rings. The second kappa shape index (κ2) is 12.5. The number of carbonyl (C=O) groups is 2. The summed E-state index contributed by atoms with van der Waals surface area (Å²) in [4.78, 5) is 34.7. The van der Waals surface area contributed by atoms with Crippen LogP contribution in [0.25, 0.3) is 0 Å². The molecule has 1 aliphatic carbocycles.